The van der Waals surface area contributed by atoms with E-state index in [2.05, 4.69) is 16.4 Å². The van der Waals surface area contributed by atoms with Gasteiger partial charge in [-0.3, -0.25) is 0 Å². The number of rotatable bonds is 3. The maximum atomic E-state index is 6.12. The number of nitrogens with one attached hydrogen (secondary N) is 2. The van der Waals surface area contributed by atoms with Crippen LogP contribution in [0.15, 0.2) is 18.5 Å². The van der Waals surface area contributed by atoms with Crippen LogP contribution in [-0.4, -0.2) is 17.6 Å². The van der Waals surface area contributed by atoms with Gasteiger partial charge in [0.2, 0.25) is 0 Å². The molecule has 0 bridgehead atoms. The van der Waals surface area contributed by atoms with E-state index in [1.807, 2.05) is 19.4 Å². The molecule has 0 spiro atoms. The molecule has 1 heterocycles. The second kappa shape index (κ2) is 2.61. The number of H-pyrrole nitrogens is 1. The molecule has 1 atom stereocenters. The summed E-state index contributed by atoms with van der Waals surface area (Å²) in [7, 11) is 1.96. The fourth-order valence-corrected chi connectivity index (χ4v) is 1.74. The molecule has 3 nitrogen and oxygen atoms in total. The van der Waals surface area contributed by atoms with Crippen LogP contribution in [0.5, 0.6) is 0 Å². The topological polar surface area (TPSA) is 53.8 Å². The van der Waals surface area contributed by atoms with Crippen LogP contribution < -0.4 is 11.1 Å². The molecule has 0 aliphatic heterocycles. The zero-order chi connectivity index (χ0) is 8.60. The highest BCUT2D eigenvalue weighted by Crippen LogP contribution is 2.43. The van der Waals surface area contributed by atoms with Crippen LogP contribution in [0.1, 0.15) is 24.4 Å². The van der Waals surface area contributed by atoms with Gasteiger partial charge in [0.25, 0.3) is 0 Å². The lowest BCUT2D eigenvalue weighted by Crippen LogP contribution is -2.38. The van der Waals surface area contributed by atoms with Gasteiger partial charge in [-0.25, -0.2) is 0 Å². The van der Waals surface area contributed by atoms with Gasteiger partial charge >= 0.3 is 0 Å². The Morgan fingerprint density at radius 1 is 1.67 bits per heavy atom. The summed E-state index contributed by atoms with van der Waals surface area (Å²) >= 11 is 0. The first kappa shape index (κ1) is 7.83. The number of hydrogen-bond donors (Lipinski definition) is 3. The second-order valence-corrected chi connectivity index (χ2v) is 3.60. The van der Waals surface area contributed by atoms with Crippen molar-refractivity contribution >= 4 is 0 Å². The lowest BCUT2D eigenvalue weighted by molar-refractivity contribution is 0.462. The van der Waals surface area contributed by atoms with Gasteiger partial charge in [0.05, 0.1) is 6.04 Å². The van der Waals surface area contributed by atoms with Crippen molar-refractivity contribution in [3.8, 4) is 0 Å². The summed E-state index contributed by atoms with van der Waals surface area (Å²) in [6.07, 6.45) is 6.20. The van der Waals surface area contributed by atoms with Crippen molar-refractivity contribution in [3.63, 3.8) is 0 Å². The van der Waals surface area contributed by atoms with Gasteiger partial charge < -0.3 is 16.0 Å². The largest absolute Gasteiger partial charge is 0.367 e. The van der Waals surface area contributed by atoms with E-state index in [1.54, 1.807) is 0 Å². The zero-order valence-electron chi connectivity index (χ0n) is 7.30. The van der Waals surface area contributed by atoms with E-state index < -0.39 is 0 Å². The Balaban J connectivity index is 2.19. The van der Waals surface area contributed by atoms with Crippen LogP contribution in [0, 0.1) is 0 Å². The Morgan fingerprint density at radius 3 is 2.83 bits per heavy atom. The average Bonchev–Trinajstić information content (AvgIpc) is 2.63. The van der Waals surface area contributed by atoms with Crippen LogP contribution in [0.4, 0.5) is 0 Å². The van der Waals surface area contributed by atoms with Gasteiger partial charge in [-0.15, -0.1) is 0 Å². The first-order valence-corrected chi connectivity index (χ1v) is 4.35. The van der Waals surface area contributed by atoms with Crippen molar-refractivity contribution < 1.29 is 0 Å². The highest BCUT2D eigenvalue weighted by Gasteiger charge is 2.45. The van der Waals surface area contributed by atoms with Crippen LogP contribution in [0.3, 0.4) is 0 Å². The van der Waals surface area contributed by atoms with E-state index in [1.165, 1.54) is 5.56 Å². The predicted octanol–water partition coefficient (Wildman–Crippen LogP) is 0.767. The molecule has 0 radical (unpaired) electrons. The van der Waals surface area contributed by atoms with Crippen LogP contribution in [-0.2, 0) is 0 Å². The first-order valence-electron chi connectivity index (χ1n) is 4.35. The van der Waals surface area contributed by atoms with Gasteiger partial charge in [0.1, 0.15) is 0 Å². The van der Waals surface area contributed by atoms with Crippen molar-refractivity contribution in [3.05, 3.63) is 24.0 Å². The summed E-state index contributed by atoms with van der Waals surface area (Å²) in [4.78, 5) is 3.05. The Kier molecular flexibility index (Phi) is 1.70. The molecule has 1 fully saturated rings. The predicted molar refractivity (Wildman–Crippen MR) is 48.7 cm³/mol. The molecular formula is C9H15N3. The molecule has 1 aromatic heterocycles. The highest BCUT2D eigenvalue weighted by molar-refractivity contribution is 5.23. The molecule has 0 amide bonds. The van der Waals surface area contributed by atoms with Crippen LogP contribution in [0.25, 0.3) is 0 Å². The van der Waals surface area contributed by atoms with E-state index >= 15 is 0 Å². The molecule has 0 aromatic carbocycles. The SMILES string of the molecule is CNC(c1cc[nH]c1)C1(N)CC1. The summed E-state index contributed by atoms with van der Waals surface area (Å²) in [5.74, 6) is 0. The number of nitrogens with two attached hydrogens (primary N) is 1. The summed E-state index contributed by atoms with van der Waals surface area (Å²) < 4.78 is 0. The minimum Gasteiger partial charge on any atom is -0.367 e. The summed E-state index contributed by atoms with van der Waals surface area (Å²) in [6.45, 7) is 0. The van der Waals surface area contributed by atoms with Crippen molar-refractivity contribution in [1.82, 2.24) is 10.3 Å². The third-order valence-corrected chi connectivity index (χ3v) is 2.65. The Labute approximate surface area is 72.3 Å². The third-order valence-electron chi connectivity index (χ3n) is 2.65. The Bertz CT molecular complexity index is 249. The van der Waals surface area contributed by atoms with E-state index in [0.29, 0.717) is 6.04 Å². The minimum absolute atomic E-state index is 0.0109. The Morgan fingerprint density at radius 2 is 2.42 bits per heavy atom. The highest BCUT2D eigenvalue weighted by atomic mass is 15.0. The maximum Gasteiger partial charge on any atom is 0.0515 e. The van der Waals surface area contributed by atoms with Gasteiger partial charge in [-0.1, -0.05) is 0 Å². The van der Waals surface area contributed by atoms with Crippen molar-refractivity contribution in [2.45, 2.75) is 24.4 Å². The standard InChI is InChI=1S/C9H15N3/c1-11-8(9(10)3-4-9)7-2-5-12-6-7/h2,5-6,8,11-12H,3-4,10H2,1H3. The van der Waals surface area contributed by atoms with Crippen molar-refractivity contribution in [1.29, 1.82) is 0 Å². The number of aromatic nitrogens is 1. The molecule has 1 unspecified atom stereocenters. The second-order valence-electron chi connectivity index (χ2n) is 3.60. The van der Waals surface area contributed by atoms with Crippen molar-refractivity contribution in [2.75, 3.05) is 7.05 Å². The lowest BCUT2D eigenvalue weighted by Gasteiger charge is -2.21. The van der Waals surface area contributed by atoms with Gasteiger partial charge in [0, 0.05) is 17.9 Å². The summed E-state index contributed by atoms with van der Waals surface area (Å²) in [5.41, 5.74) is 7.39. The van der Waals surface area contributed by atoms with E-state index in [0.717, 1.165) is 12.8 Å². The fourth-order valence-electron chi connectivity index (χ4n) is 1.74. The smallest absolute Gasteiger partial charge is 0.0515 e. The molecule has 1 saturated carbocycles. The molecule has 1 aliphatic carbocycles. The normalized spacial score (nSPS) is 22.2. The third kappa shape index (κ3) is 1.15. The van der Waals surface area contributed by atoms with Gasteiger partial charge in [0.15, 0.2) is 0 Å². The molecule has 12 heavy (non-hydrogen) atoms. The van der Waals surface area contributed by atoms with Crippen LogP contribution >= 0.6 is 0 Å². The molecule has 2 rings (SSSR count). The Hall–Kier alpha value is -0.800. The average molecular weight is 165 g/mol. The molecule has 1 aromatic rings. The maximum absolute atomic E-state index is 6.12. The summed E-state index contributed by atoms with van der Waals surface area (Å²) in [5, 5.41) is 3.26. The number of likely N-dealkylation sites (N-methyl/N-ethyl adjacent to an activating group) is 1. The first-order chi connectivity index (χ1) is 5.76. The van der Waals surface area contributed by atoms with Gasteiger partial charge in [-0.05, 0) is 31.5 Å². The van der Waals surface area contributed by atoms with E-state index in [9.17, 15) is 0 Å². The molecule has 0 saturated heterocycles. The quantitative estimate of drug-likeness (QED) is 0.619. The number of aromatic amines is 1. The van der Waals surface area contributed by atoms with Crippen LogP contribution in [0.2, 0.25) is 0 Å². The molecule has 4 N–H and O–H groups in total. The fraction of sp³-hybridized carbons (Fsp3) is 0.556. The minimum atomic E-state index is 0.0109. The van der Waals surface area contributed by atoms with Crippen molar-refractivity contribution in [2.24, 2.45) is 5.73 Å². The summed E-state index contributed by atoms with van der Waals surface area (Å²) in [6, 6.07) is 2.39. The molecule has 66 valence electrons. The molecular weight excluding hydrogens is 150 g/mol. The molecule has 1 aliphatic rings. The monoisotopic (exact) mass is 165 g/mol. The number of hydrogen-bond acceptors (Lipinski definition) is 2. The molecule has 3 heteroatoms. The van der Waals surface area contributed by atoms with Gasteiger partial charge in [-0.2, -0.15) is 0 Å². The van der Waals surface area contributed by atoms with E-state index in [-0.39, 0.29) is 5.54 Å². The van der Waals surface area contributed by atoms with E-state index in [4.69, 9.17) is 5.73 Å². The zero-order valence-corrected chi connectivity index (χ0v) is 7.30. The lowest BCUT2D eigenvalue weighted by atomic mass is 10.0.